The van der Waals surface area contributed by atoms with Crippen molar-refractivity contribution >= 4 is 7.37 Å². The highest BCUT2D eigenvalue weighted by Crippen LogP contribution is 2.56. The minimum atomic E-state index is -5.82. The fraction of sp³-hybridized carbons (Fsp3) is 1.00. The first kappa shape index (κ1) is 12.8. The minimum Gasteiger partial charge on any atom is -0.340 e. The molecule has 0 fully saturated rings. The van der Waals surface area contributed by atoms with Crippen molar-refractivity contribution in [1.29, 1.82) is 0 Å². The largest absolute Gasteiger partial charge is 0.340 e. The maximum absolute atomic E-state index is 12.1. The lowest BCUT2D eigenvalue weighted by molar-refractivity contribution is 0.0592. The molecule has 0 aromatic rings. The molecule has 13 heavy (non-hydrogen) atoms. The Morgan fingerprint density at radius 3 is 1.23 bits per heavy atom. The third-order valence-electron chi connectivity index (χ3n) is 1.12. The molecule has 9 heteroatoms. The minimum absolute atomic E-state index is 3.78. The normalized spacial score (nSPS) is 21.6. The van der Waals surface area contributed by atoms with Crippen LogP contribution in [0.3, 0.4) is 0 Å². The van der Waals surface area contributed by atoms with Gasteiger partial charge < -0.3 is 4.89 Å². The maximum atomic E-state index is 12.1. The van der Waals surface area contributed by atoms with E-state index < -0.39 is 32.0 Å². The van der Waals surface area contributed by atoms with Gasteiger partial charge in [-0.2, -0.15) is 0 Å². The van der Waals surface area contributed by atoms with Crippen LogP contribution >= 0.6 is 7.37 Å². The number of hydrogen-bond acceptors (Lipinski definition) is 1. The number of halogens is 6. The van der Waals surface area contributed by atoms with Crippen molar-refractivity contribution < 1.29 is 35.8 Å². The molecular weight excluding hydrogens is 225 g/mol. The van der Waals surface area contributed by atoms with E-state index in [2.05, 4.69) is 0 Å². The number of hydrogen-bond donors (Lipinski definition) is 1. The molecule has 0 amide bonds. The summed E-state index contributed by atoms with van der Waals surface area (Å²) in [6.07, 6.45) is -7.93. The second-order valence-electron chi connectivity index (χ2n) is 2.09. The van der Waals surface area contributed by atoms with E-state index >= 15 is 0 Å². The molecule has 0 radical (unpaired) electrons. The monoisotopic (exact) mass is 230 g/mol. The lowest BCUT2D eigenvalue weighted by Crippen LogP contribution is -2.23. The molecule has 80 valence electrons. The first-order valence-corrected chi connectivity index (χ1v) is 4.67. The SMILES string of the molecule is O=P(O)(C(F)C(F)F)C(F)C(F)F. The van der Waals surface area contributed by atoms with Crippen LogP contribution in [0.2, 0.25) is 0 Å². The van der Waals surface area contributed by atoms with Crippen molar-refractivity contribution in [2.45, 2.75) is 24.7 Å². The molecule has 0 bridgehead atoms. The highest BCUT2D eigenvalue weighted by Gasteiger charge is 2.49. The maximum Gasteiger partial charge on any atom is 0.278 e. The van der Waals surface area contributed by atoms with Gasteiger partial charge >= 0.3 is 0 Å². The second-order valence-corrected chi connectivity index (χ2v) is 4.42. The molecule has 0 aromatic carbocycles. The van der Waals surface area contributed by atoms with Gasteiger partial charge in [0, 0.05) is 0 Å². The molecule has 0 saturated heterocycles. The van der Waals surface area contributed by atoms with Crippen molar-refractivity contribution in [2.24, 2.45) is 0 Å². The standard InChI is InChI=1S/C4H5F6O2P/c5-1(6)3(9)13(11,12)4(10)2(7)8/h1-4H,(H,11,12). The average Bonchev–Trinajstić information content (AvgIpc) is 2.01. The van der Waals surface area contributed by atoms with Gasteiger partial charge in [0.15, 0.2) is 0 Å². The van der Waals surface area contributed by atoms with Crippen molar-refractivity contribution in [3.05, 3.63) is 0 Å². The summed E-state index contributed by atoms with van der Waals surface area (Å²) in [4.78, 5) is 8.24. The van der Waals surface area contributed by atoms with E-state index in [1.165, 1.54) is 0 Å². The summed E-state index contributed by atoms with van der Waals surface area (Å²) >= 11 is 0. The summed E-state index contributed by atoms with van der Waals surface area (Å²) in [6, 6.07) is 0. The summed E-state index contributed by atoms with van der Waals surface area (Å²) in [6.45, 7) is 0. The summed E-state index contributed by atoms with van der Waals surface area (Å²) in [5.74, 6) is -7.56. The van der Waals surface area contributed by atoms with Crippen molar-refractivity contribution in [2.75, 3.05) is 0 Å². The van der Waals surface area contributed by atoms with Crippen LogP contribution in [0.15, 0.2) is 0 Å². The van der Waals surface area contributed by atoms with Gasteiger partial charge in [-0.1, -0.05) is 0 Å². The molecule has 0 aliphatic heterocycles. The van der Waals surface area contributed by atoms with Gasteiger partial charge in [-0.3, -0.25) is 4.57 Å². The summed E-state index contributed by atoms with van der Waals surface area (Å²) in [5.41, 5.74) is 0. The third kappa shape index (κ3) is 2.87. The van der Waals surface area contributed by atoms with E-state index in [9.17, 15) is 30.9 Å². The molecule has 0 spiro atoms. The molecule has 0 aliphatic rings. The molecule has 2 unspecified atom stereocenters. The Hall–Kier alpha value is -0.230. The molecule has 0 rings (SSSR count). The van der Waals surface area contributed by atoms with E-state index in [0.717, 1.165) is 0 Å². The fourth-order valence-electron chi connectivity index (χ4n) is 0.459. The highest BCUT2D eigenvalue weighted by atomic mass is 31.2. The molecule has 2 nitrogen and oxygen atoms in total. The zero-order valence-corrected chi connectivity index (χ0v) is 6.77. The van der Waals surface area contributed by atoms with Crippen molar-refractivity contribution in [3.8, 4) is 0 Å². The molecular formula is C4H5F6O2P. The van der Waals surface area contributed by atoms with Gasteiger partial charge in [0.1, 0.15) is 0 Å². The fourth-order valence-corrected chi connectivity index (χ4v) is 1.38. The lowest BCUT2D eigenvalue weighted by atomic mass is 10.8. The smallest absolute Gasteiger partial charge is 0.278 e. The molecule has 2 atom stereocenters. The Balaban J connectivity index is 4.65. The number of alkyl halides is 6. The summed E-state index contributed by atoms with van der Waals surface area (Å²) in [5, 5.41) is 0. The van der Waals surface area contributed by atoms with E-state index in [1.807, 2.05) is 0 Å². The Morgan fingerprint density at radius 2 is 1.08 bits per heavy atom. The molecule has 0 aromatic heterocycles. The Labute approximate surface area is 69.0 Å². The van der Waals surface area contributed by atoms with Gasteiger partial charge in [-0.15, -0.1) is 0 Å². The zero-order chi connectivity index (χ0) is 10.8. The first-order chi connectivity index (χ1) is 5.71. The second kappa shape index (κ2) is 4.32. The van der Waals surface area contributed by atoms with E-state index in [1.54, 1.807) is 0 Å². The third-order valence-corrected chi connectivity index (χ3v) is 2.99. The van der Waals surface area contributed by atoms with E-state index in [0.29, 0.717) is 0 Å². The van der Waals surface area contributed by atoms with Crippen LogP contribution in [0.5, 0.6) is 0 Å². The Bertz CT molecular complexity index is 191. The topological polar surface area (TPSA) is 37.3 Å². The van der Waals surface area contributed by atoms with Gasteiger partial charge in [0.2, 0.25) is 11.8 Å². The van der Waals surface area contributed by atoms with Crippen LogP contribution in [0.25, 0.3) is 0 Å². The van der Waals surface area contributed by atoms with Crippen LogP contribution in [0.1, 0.15) is 0 Å². The van der Waals surface area contributed by atoms with E-state index in [4.69, 9.17) is 4.89 Å². The van der Waals surface area contributed by atoms with Gasteiger partial charge in [-0.25, -0.2) is 26.3 Å². The molecule has 0 aliphatic carbocycles. The molecule has 0 heterocycles. The van der Waals surface area contributed by atoms with Crippen LogP contribution < -0.4 is 0 Å². The van der Waals surface area contributed by atoms with E-state index in [-0.39, 0.29) is 0 Å². The summed E-state index contributed by atoms with van der Waals surface area (Å²) in [7, 11) is -5.82. The lowest BCUT2D eigenvalue weighted by Gasteiger charge is -2.18. The predicted octanol–water partition coefficient (Wildman–Crippen LogP) is 2.38. The Kier molecular flexibility index (Phi) is 4.25. The van der Waals surface area contributed by atoms with Crippen molar-refractivity contribution in [3.63, 3.8) is 0 Å². The van der Waals surface area contributed by atoms with Crippen molar-refractivity contribution in [1.82, 2.24) is 0 Å². The van der Waals surface area contributed by atoms with Crippen LogP contribution in [-0.2, 0) is 4.57 Å². The van der Waals surface area contributed by atoms with Crippen LogP contribution in [0.4, 0.5) is 26.3 Å². The first-order valence-electron chi connectivity index (χ1n) is 2.87. The quantitative estimate of drug-likeness (QED) is 0.594. The van der Waals surface area contributed by atoms with Crippen LogP contribution in [0, 0.1) is 0 Å². The predicted molar refractivity (Wildman–Crippen MR) is 31.6 cm³/mol. The highest BCUT2D eigenvalue weighted by molar-refractivity contribution is 7.59. The zero-order valence-electron chi connectivity index (χ0n) is 5.88. The number of rotatable bonds is 4. The molecule has 1 N–H and O–H groups in total. The summed E-state index contributed by atoms with van der Waals surface area (Å²) < 4.78 is 80.2. The van der Waals surface area contributed by atoms with Gasteiger partial charge in [0.05, 0.1) is 0 Å². The van der Waals surface area contributed by atoms with Crippen LogP contribution in [-0.4, -0.2) is 29.6 Å². The molecule has 0 saturated carbocycles. The Morgan fingerprint density at radius 1 is 0.846 bits per heavy atom. The average molecular weight is 230 g/mol. The van der Waals surface area contributed by atoms with Gasteiger partial charge in [0.25, 0.3) is 20.2 Å². The van der Waals surface area contributed by atoms with Gasteiger partial charge in [-0.05, 0) is 0 Å².